The van der Waals surface area contributed by atoms with E-state index in [2.05, 4.69) is 0 Å². The molecule has 2 amide bonds. The monoisotopic (exact) mass is 339 g/mol. The van der Waals surface area contributed by atoms with Crippen LogP contribution in [-0.2, 0) is 9.63 Å². The molecular weight excluding hydrogens is 322 g/mol. The molecule has 0 aliphatic carbocycles. The summed E-state index contributed by atoms with van der Waals surface area (Å²) in [6.07, 6.45) is 0.454. The van der Waals surface area contributed by atoms with Gasteiger partial charge < -0.3 is 9.57 Å². The molecule has 25 heavy (non-hydrogen) atoms. The number of aryl methyl sites for hydroxylation is 1. The van der Waals surface area contributed by atoms with Gasteiger partial charge in [0.05, 0.1) is 24.2 Å². The van der Waals surface area contributed by atoms with Crippen molar-refractivity contribution in [3.05, 3.63) is 65.2 Å². The van der Waals surface area contributed by atoms with E-state index in [4.69, 9.17) is 9.57 Å². The average Bonchev–Trinajstić information content (AvgIpc) is 2.84. The summed E-state index contributed by atoms with van der Waals surface area (Å²) >= 11 is 0. The quantitative estimate of drug-likeness (QED) is 0.598. The number of benzene rings is 2. The third-order valence-electron chi connectivity index (χ3n) is 3.73. The van der Waals surface area contributed by atoms with Crippen LogP contribution in [0.1, 0.15) is 39.1 Å². The van der Waals surface area contributed by atoms with Crippen molar-refractivity contribution in [2.45, 2.75) is 19.8 Å². The highest BCUT2D eigenvalue weighted by molar-refractivity contribution is 6.20. The zero-order valence-corrected chi connectivity index (χ0v) is 13.7. The van der Waals surface area contributed by atoms with E-state index in [0.717, 1.165) is 11.3 Å². The Bertz CT molecular complexity index is 795. The maximum Gasteiger partial charge on any atom is 0.333 e. The van der Waals surface area contributed by atoms with Crippen LogP contribution in [0.2, 0.25) is 0 Å². The molecule has 6 nitrogen and oxygen atoms in total. The zero-order chi connectivity index (χ0) is 17.8. The van der Waals surface area contributed by atoms with Gasteiger partial charge in [-0.2, -0.15) is 0 Å². The van der Waals surface area contributed by atoms with Crippen molar-refractivity contribution in [1.29, 1.82) is 0 Å². The number of carbonyl (C=O) groups is 3. The van der Waals surface area contributed by atoms with E-state index in [1.165, 1.54) is 12.1 Å². The predicted octanol–water partition coefficient (Wildman–Crippen LogP) is 2.91. The topological polar surface area (TPSA) is 72.9 Å². The summed E-state index contributed by atoms with van der Waals surface area (Å²) in [5.41, 5.74) is 1.56. The molecule has 2 aromatic rings. The van der Waals surface area contributed by atoms with Crippen molar-refractivity contribution in [1.82, 2.24) is 5.06 Å². The fourth-order valence-corrected chi connectivity index (χ4v) is 2.51. The number of carbonyl (C=O) groups excluding carboxylic acids is 3. The van der Waals surface area contributed by atoms with Crippen LogP contribution < -0.4 is 4.74 Å². The number of hydroxylamine groups is 2. The van der Waals surface area contributed by atoms with Crippen LogP contribution in [0.4, 0.5) is 0 Å². The van der Waals surface area contributed by atoms with Gasteiger partial charge in [0.2, 0.25) is 0 Å². The standard InChI is InChI=1S/C19H17NO5/c1-13-6-4-7-14(12-13)24-11-5-10-17(21)25-20-18(22)15-8-2-3-9-16(15)19(20)23/h2-4,6-9,12H,5,10-11H2,1H3. The summed E-state index contributed by atoms with van der Waals surface area (Å²) in [4.78, 5) is 41.0. The first-order valence-corrected chi connectivity index (χ1v) is 7.94. The molecule has 1 aliphatic rings. The molecule has 0 radical (unpaired) electrons. The number of rotatable bonds is 6. The fourth-order valence-electron chi connectivity index (χ4n) is 2.51. The normalized spacial score (nSPS) is 12.9. The molecule has 1 heterocycles. The van der Waals surface area contributed by atoms with Crippen molar-refractivity contribution in [3.63, 3.8) is 0 Å². The molecule has 0 fully saturated rings. The maximum absolute atomic E-state index is 12.1. The van der Waals surface area contributed by atoms with Gasteiger partial charge in [-0.25, -0.2) is 4.79 Å². The molecule has 3 rings (SSSR count). The number of ether oxygens (including phenoxy) is 1. The van der Waals surface area contributed by atoms with Crippen LogP contribution in [0.25, 0.3) is 0 Å². The van der Waals surface area contributed by atoms with Gasteiger partial charge >= 0.3 is 5.97 Å². The third-order valence-corrected chi connectivity index (χ3v) is 3.73. The number of nitrogens with zero attached hydrogens (tertiary/aromatic N) is 1. The summed E-state index contributed by atoms with van der Waals surface area (Å²) in [7, 11) is 0. The van der Waals surface area contributed by atoms with E-state index < -0.39 is 17.8 Å². The van der Waals surface area contributed by atoms with Crippen molar-refractivity contribution >= 4 is 17.8 Å². The lowest BCUT2D eigenvalue weighted by Crippen LogP contribution is -2.32. The molecule has 0 unspecified atom stereocenters. The second-order valence-corrected chi connectivity index (χ2v) is 5.68. The maximum atomic E-state index is 12.1. The number of imide groups is 1. The molecule has 0 N–H and O–H groups in total. The van der Waals surface area contributed by atoms with Crippen LogP contribution in [0.15, 0.2) is 48.5 Å². The molecule has 6 heteroatoms. The second-order valence-electron chi connectivity index (χ2n) is 5.68. The Morgan fingerprint density at radius 1 is 1.00 bits per heavy atom. The second kappa shape index (κ2) is 7.17. The lowest BCUT2D eigenvalue weighted by Gasteiger charge is -2.12. The highest BCUT2D eigenvalue weighted by Gasteiger charge is 2.38. The van der Waals surface area contributed by atoms with Crippen LogP contribution in [-0.4, -0.2) is 29.5 Å². The highest BCUT2D eigenvalue weighted by atomic mass is 16.7. The summed E-state index contributed by atoms with van der Waals surface area (Å²) in [6.45, 7) is 2.30. The van der Waals surface area contributed by atoms with Crippen LogP contribution in [0.3, 0.4) is 0 Å². The highest BCUT2D eigenvalue weighted by Crippen LogP contribution is 2.23. The number of hydrogen-bond donors (Lipinski definition) is 0. The average molecular weight is 339 g/mol. The first-order valence-electron chi connectivity index (χ1n) is 7.94. The molecule has 0 aromatic heterocycles. The minimum Gasteiger partial charge on any atom is -0.494 e. The Morgan fingerprint density at radius 2 is 1.68 bits per heavy atom. The van der Waals surface area contributed by atoms with Gasteiger partial charge in [-0.05, 0) is 43.2 Å². The molecule has 128 valence electrons. The third kappa shape index (κ3) is 3.68. The van der Waals surface area contributed by atoms with Gasteiger partial charge in [0.15, 0.2) is 0 Å². The molecule has 1 aliphatic heterocycles. The van der Waals surface area contributed by atoms with Gasteiger partial charge in [-0.15, -0.1) is 0 Å². The van der Waals surface area contributed by atoms with Crippen LogP contribution in [0, 0.1) is 6.92 Å². The molecule has 0 saturated heterocycles. The lowest BCUT2D eigenvalue weighted by atomic mass is 10.1. The van der Waals surface area contributed by atoms with Gasteiger partial charge in [-0.1, -0.05) is 29.3 Å². The van der Waals surface area contributed by atoms with E-state index in [9.17, 15) is 14.4 Å². The minimum atomic E-state index is -0.651. The Kier molecular flexibility index (Phi) is 4.79. The predicted molar refractivity (Wildman–Crippen MR) is 88.9 cm³/mol. The molecule has 2 aromatic carbocycles. The van der Waals surface area contributed by atoms with Crippen molar-refractivity contribution < 1.29 is 24.0 Å². The Balaban J connectivity index is 1.47. The van der Waals surface area contributed by atoms with E-state index in [0.29, 0.717) is 18.1 Å². The SMILES string of the molecule is Cc1cccc(OCCCC(=O)ON2C(=O)c3ccccc3C2=O)c1. The molecule has 0 spiro atoms. The molecule has 0 bridgehead atoms. The molecule has 0 saturated carbocycles. The Labute approximate surface area is 144 Å². The summed E-state index contributed by atoms with van der Waals surface area (Å²) in [5.74, 6) is -1.16. The van der Waals surface area contributed by atoms with Crippen LogP contribution in [0.5, 0.6) is 5.75 Å². The lowest BCUT2D eigenvalue weighted by molar-refractivity contribution is -0.168. The first-order chi connectivity index (χ1) is 12.1. The number of hydrogen-bond acceptors (Lipinski definition) is 5. The minimum absolute atomic E-state index is 0.0409. The Morgan fingerprint density at radius 3 is 2.32 bits per heavy atom. The van der Waals surface area contributed by atoms with Gasteiger partial charge in [-0.3, -0.25) is 9.59 Å². The molecular formula is C19H17NO5. The van der Waals surface area contributed by atoms with Crippen molar-refractivity contribution in [2.75, 3.05) is 6.61 Å². The number of amides is 2. The summed E-state index contributed by atoms with van der Waals surface area (Å²) in [6, 6.07) is 13.9. The largest absolute Gasteiger partial charge is 0.494 e. The summed E-state index contributed by atoms with van der Waals surface area (Å²) in [5, 5.41) is 0.522. The van der Waals surface area contributed by atoms with E-state index >= 15 is 0 Å². The Hall–Kier alpha value is -3.15. The van der Waals surface area contributed by atoms with Gasteiger partial charge in [0.25, 0.3) is 11.8 Å². The molecule has 0 atom stereocenters. The first kappa shape index (κ1) is 16.7. The van der Waals surface area contributed by atoms with Crippen molar-refractivity contribution in [3.8, 4) is 5.75 Å². The van der Waals surface area contributed by atoms with E-state index in [-0.39, 0.29) is 17.5 Å². The smallest absolute Gasteiger partial charge is 0.333 e. The van der Waals surface area contributed by atoms with Gasteiger partial charge in [0.1, 0.15) is 5.75 Å². The fraction of sp³-hybridized carbons (Fsp3) is 0.211. The van der Waals surface area contributed by atoms with Gasteiger partial charge in [0, 0.05) is 0 Å². The summed E-state index contributed by atoms with van der Waals surface area (Å²) < 4.78 is 5.54. The van der Waals surface area contributed by atoms with Crippen molar-refractivity contribution in [2.24, 2.45) is 0 Å². The number of fused-ring (bicyclic) bond motifs is 1. The zero-order valence-electron chi connectivity index (χ0n) is 13.7. The van der Waals surface area contributed by atoms with Crippen LogP contribution >= 0.6 is 0 Å². The van der Waals surface area contributed by atoms with E-state index in [1.807, 2.05) is 31.2 Å². The van der Waals surface area contributed by atoms with E-state index in [1.54, 1.807) is 12.1 Å².